The van der Waals surface area contributed by atoms with E-state index in [-0.39, 0.29) is 0 Å². The molecule has 1 atom stereocenters. The smallest absolute Gasteiger partial charge is 0.0299 e. The Morgan fingerprint density at radius 2 is 2.21 bits per heavy atom. The Bertz CT molecular complexity index is 402. The number of hydrogen-bond acceptors (Lipinski definition) is 4. The van der Waals surface area contributed by atoms with Gasteiger partial charge in [0.05, 0.1) is 0 Å². The van der Waals surface area contributed by atoms with Crippen LogP contribution >= 0.6 is 11.3 Å². The summed E-state index contributed by atoms with van der Waals surface area (Å²) in [5.41, 5.74) is 1.52. The summed E-state index contributed by atoms with van der Waals surface area (Å²) in [6.45, 7) is 13.5. The fraction of sp³-hybridized carbons (Fsp3) is 0.733. The molecule has 0 aromatic carbocycles. The SMILES string of the molecule is CCNCc1cc(CN2CCN(C)C(C)C2)c(C)s1. The van der Waals surface area contributed by atoms with Gasteiger partial charge in [-0.05, 0) is 39.1 Å². The standard InChI is InChI=1S/C15H27N3S/c1-5-16-9-15-8-14(13(3)19-15)11-18-7-6-17(4)12(2)10-18/h8,12,16H,5-7,9-11H2,1-4H3. The number of nitrogens with zero attached hydrogens (tertiary/aromatic N) is 2. The van der Waals surface area contributed by atoms with Gasteiger partial charge >= 0.3 is 0 Å². The molecule has 1 aliphatic heterocycles. The van der Waals surface area contributed by atoms with Gasteiger partial charge < -0.3 is 10.2 Å². The third kappa shape index (κ3) is 4.02. The molecule has 1 aromatic rings. The van der Waals surface area contributed by atoms with E-state index in [1.807, 2.05) is 11.3 Å². The molecule has 0 saturated carbocycles. The first-order valence-corrected chi connectivity index (χ1v) is 8.13. The Morgan fingerprint density at radius 1 is 1.42 bits per heavy atom. The van der Waals surface area contributed by atoms with Crippen molar-refractivity contribution in [1.82, 2.24) is 15.1 Å². The van der Waals surface area contributed by atoms with Crippen molar-refractivity contribution in [2.45, 2.75) is 39.9 Å². The lowest BCUT2D eigenvalue weighted by molar-refractivity contribution is 0.0999. The summed E-state index contributed by atoms with van der Waals surface area (Å²) < 4.78 is 0. The van der Waals surface area contributed by atoms with E-state index in [9.17, 15) is 0 Å². The molecule has 2 heterocycles. The predicted octanol–water partition coefficient (Wildman–Crippen LogP) is 2.30. The van der Waals surface area contributed by atoms with Crippen LogP contribution in [0.25, 0.3) is 0 Å². The molecule has 1 saturated heterocycles. The molecule has 19 heavy (non-hydrogen) atoms. The Morgan fingerprint density at radius 3 is 2.89 bits per heavy atom. The Kier molecular flexibility index (Phi) is 5.39. The summed E-state index contributed by atoms with van der Waals surface area (Å²) in [6.07, 6.45) is 0. The van der Waals surface area contributed by atoms with Crippen LogP contribution in [0, 0.1) is 6.92 Å². The van der Waals surface area contributed by atoms with Crippen LogP contribution in [0.15, 0.2) is 6.07 Å². The zero-order valence-corrected chi connectivity index (χ0v) is 13.5. The van der Waals surface area contributed by atoms with Crippen LogP contribution in [0.4, 0.5) is 0 Å². The lowest BCUT2D eigenvalue weighted by atomic mass is 10.1. The molecule has 4 heteroatoms. The summed E-state index contributed by atoms with van der Waals surface area (Å²) in [7, 11) is 2.23. The molecular weight excluding hydrogens is 254 g/mol. The summed E-state index contributed by atoms with van der Waals surface area (Å²) in [6, 6.07) is 3.07. The number of nitrogens with one attached hydrogen (secondary N) is 1. The summed E-state index contributed by atoms with van der Waals surface area (Å²) in [4.78, 5) is 8.00. The summed E-state index contributed by atoms with van der Waals surface area (Å²) in [5.74, 6) is 0. The van der Waals surface area contributed by atoms with E-state index in [4.69, 9.17) is 0 Å². The van der Waals surface area contributed by atoms with Crippen LogP contribution in [0.3, 0.4) is 0 Å². The van der Waals surface area contributed by atoms with Crippen LogP contribution in [-0.2, 0) is 13.1 Å². The Balaban J connectivity index is 1.93. The van der Waals surface area contributed by atoms with Crippen LogP contribution in [0.5, 0.6) is 0 Å². The van der Waals surface area contributed by atoms with Crippen LogP contribution in [0.2, 0.25) is 0 Å². The molecule has 0 spiro atoms. The second-order valence-electron chi connectivity index (χ2n) is 5.64. The van der Waals surface area contributed by atoms with Crippen LogP contribution in [0.1, 0.15) is 29.2 Å². The molecule has 1 aromatic heterocycles. The zero-order valence-electron chi connectivity index (χ0n) is 12.7. The van der Waals surface area contributed by atoms with Crippen molar-refractivity contribution in [1.29, 1.82) is 0 Å². The second kappa shape index (κ2) is 6.84. The topological polar surface area (TPSA) is 18.5 Å². The number of hydrogen-bond donors (Lipinski definition) is 1. The molecule has 1 fully saturated rings. The molecule has 0 radical (unpaired) electrons. The zero-order chi connectivity index (χ0) is 13.8. The van der Waals surface area contributed by atoms with E-state index in [1.165, 1.54) is 35.0 Å². The highest BCUT2D eigenvalue weighted by atomic mass is 32.1. The van der Waals surface area contributed by atoms with Crippen molar-refractivity contribution in [3.05, 3.63) is 21.4 Å². The Hall–Kier alpha value is -0.420. The number of likely N-dealkylation sites (N-methyl/N-ethyl adjacent to an activating group) is 1. The first-order valence-electron chi connectivity index (χ1n) is 7.31. The van der Waals surface area contributed by atoms with Crippen molar-refractivity contribution in [2.75, 3.05) is 33.2 Å². The average molecular weight is 281 g/mol. The minimum absolute atomic E-state index is 0.675. The van der Waals surface area contributed by atoms with Crippen molar-refractivity contribution in [2.24, 2.45) is 0 Å². The van der Waals surface area contributed by atoms with Gasteiger partial charge in [-0.2, -0.15) is 0 Å². The number of piperazine rings is 1. The normalized spacial score (nSPS) is 22.0. The largest absolute Gasteiger partial charge is 0.312 e. The van der Waals surface area contributed by atoms with Gasteiger partial charge in [0.2, 0.25) is 0 Å². The van der Waals surface area contributed by atoms with E-state index in [0.29, 0.717) is 6.04 Å². The van der Waals surface area contributed by atoms with E-state index >= 15 is 0 Å². The average Bonchev–Trinajstić information content (AvgIpc) is 2.72. The highest BCUT2D eigenvalue weighted by Crippen LogP contribution is 2.23. The van der Waals surface area contributed by atoms with Crippen LogP contribution in [-0.4, -0.2) is 49.1 Å². The molecule has 1 aliphatic rings. The van der Waals surface area contributed by atoms with Crippen molar-refractivity contribution < 1.29 is 0 Å². The second-order valence-corrected chi connectivity index (χ2v) is 6.98. The third-order valence-corrected chi connectivity index (χ3v) is 5.15. The quantitative estimate of drug-likeness (QED) is 0.893. The van der Waals surface area contributed by atoms with Gasteiger partial charge in [0.1, 0.15) is 0 Å². The molecule has 0 aliphatic carbocycles. The van der Waals surface area contributed by atoms with Gasteiger partial charge in [-0.3, -0.25) is 4.90 Å². The van der Waals surface area contributed by atoms with Gasteiger partial charge in [0, 0.05) is 48.5 Å². The van der Waals surface area contributed by atoms with E-state index in [2.05, 4.69) is 49.0 Å². The molecule has 0 amide bonds. The van der Waals surface area contributed by atoms with Gasteiger partial charge in [-0.15, -0.1) is 11.3 Å². The maximum atomic E-state index is 3.41. The molecular formula is C15H27N3S. The van der Waals surface area contributed by atoms with Crippen molar-refractivity contribution >= 4 is 11.3 Å². The molecule has 0 bridgehead atoms. The molecule has 108 valence electrons. The van der Waals surface area contributed by atoms with Gasteiger partial charge in [-0.1, -0.05) is 6.92 Å². The molecule has 3 nitrogen and oxygen atoms in total. The minimum Gasteiger partial charge on any atom is -0.312 e. The lowest BCUT2D eigenvalue weighted by Crippen LogP contribution is -2.49. The maximum Gasteiger partial charge on any atom is 0.0299 e. The fourth-order valence-electron chi connectivity index (χ4n) is 2.59. The highest BCUT2D eigenvalue weighted by molar-refractivity contribution is 7.12. The first-order chi connectivity index (χ1) is 9.10. The minimum atomic E-state index is 0.675. The van der Waals surface area contributed by atoms with E-state index < -0.39 is 0 Å². The maximum absolute atomic E-state index is 3.41. The highest BCUT2D eigenvalue weighted by Gasteiger charge is 2.21. The third-order valence-electron chi connectivity index (χ3n) is 4.06. The monoisotopic (exact) mass is 281 g/mol. The summed E-state index contributed by atoms with van der Waals surface area (Å²) in [5, 5.41) is 3.41. The summed E-state index contributed by atoms with van der Waals surface area (Å²) >= 11 is 1.94. The lowest BCUT2D eigenvalue weighted by Gasteiger charge is -2.37. The van der Waals surface area contributed by atoms with Gasteiger partial charge in [-0.25, -0.2) is 0 Å². The Labute approximate surface area is 121 Å². The molecule has 2 rings (SSSR count). The van der Waals surface area contributed by atoms with E-state index in [1.54, 1.807) is 0 Å². The van der Waals surface area contributed by atoms with Gasteiger partial charge in [0.15, 0.2) is 0 Å². The molecule has 1 unspecified atom stereocenters. The number of rotatable bonds is 5. The fourth-order valence-corrected chi connectivity index (χ4v) is 3.61. The van der Waals surface area contributed by atoms with E-state index in [0.717, 1.165) is 19.6 Å². The number of thiophene rings is 1. The van der Waals surface area contributed by atoms with Crippen molar-refractivity contribution in [3.8, 4) is 0 Å². The van der Waals surface area contributed by atoms with Gasteiger partial charge in [0.25, 0.3) is 0 Å². The predicted molar refractivity (Wildman–Crippen MR) is 83.8 cm³/mol. The number of aryl methyl sites for hydroxylation is 1. The first kappa shape index (κ1) is 15.0. The molecule has 1 N–H and O–H groups in total. The van der Waals surface area contributed by atoms with Crippen LogP contribution < -0.4 is 5.32 Å². The van der Waals surface area contributed by atoms with Crippen molar-refractivity contribution in [3.63, 3.8) is 0 Å².